The molecule has 0 radical (unpaired) electrons. The normalized spacial score (nSPS) is 14.6. The molecule has 2 aromatic heterocycles. The van der Waals surface area contributed by atoms with Gasteiger partial charge >= 0.3 is 0 Å². The molecule has 0 saturated carbocycles. The number of nitrogens with one attached hydrogen (secondary N) is 1. The van der Waals surface area contributed by atoms with Crippen molar-refractivity contribution < 1.29 is 13.6 Å². The van der Waals surface area contributed by atoms with Crippen LogP contribution in [-0.2, 0) is 0 Å². The molecule has 1 fully saturated rings. The number of ketones is 1. The van der Waals surface area contributed by atoms with Crippen LogP contribution in [-0.4, -0.2) is 38.4 Å². The monoisotopic (exact) mass is 433 g/mol. The van der Waals surface area contributed by atoms with Crippen LogP contribution in [0.1, 0.15) is 35.3 Å². The van der Waals surface area contributed by atoms with Crippen molar-refractivity contribution in [1.82, 2.24) is 19.5 Å². The molecule has 0 unspecified atom stereocenters. The lowest BCUT2D eigenvalue weighted by molar-refractivity contribution is 0.102. The first-order valence-corrected chi connectivity index (χ1v) is 10.6. The fourth-order valence-electron chi connectivity index (χ4n) is 3.99. The van der Waals surface area contributed by atoms with Crippen molar-refractivity contribution >= 4 is 22.8 Å². The van der Waals surface area contributed by atoms with Crippen LogP contribution in [0.3, 0.4) is 0 Å². The molecule has 8 heteroatoms. The van der Waals surface area contributed by atoms with Crippen LogP contribution in [0.15, 0.2) is 60.8 Å². The molecule has 6 nitrogen and oxygen atoms in total. The van der Waals surface area contributed by atoms with Gasteiger partial charge in [0.1, 0.15) is 11.6 Å². The van der Waals surface area contributed by atoms with E-state index in [9.17, 15) is 13.6 Å². The van der Waals surface area contributed by atoms with E-state index >= 15 is 0 Å². The van der Waals surface area contributed by atoms with Crippen molar-refractivity contribution in [2.75, 3.05) is 18.5 Å². The number of carbonyl (C=O) groups is 1. The summed E-state index contributed by atoms with van der Waals surface area (Å²) in [5, 5.41) is 2.69. The van der Waals surface area contributed by atoms with Gasteiger partial charge in [0, 0.05) is 30.4 Å². The number of aromatic nitrogens is 3. The minimum atomic E-state index is -0.605. The molecule has 0 spiro atoms. The second-order valence-corrected chi connectivity index (χ2v) is 7.78. The summed E-state index contributed by atoms with van der Waals surface area (Å²) in [6, 6.07) is 13.2. The Balaban J connectivity index is 1.64. The molecule has 1 aliphatic rings. The van der Waals surface area contributed by atoms with Gasteiger partial charge in [-0.05, 0) is 55.3 Å². The SMILES string of the molecule is O=C(c1ccccc1F)c1cc2cnc(NN3CCCCC3)nc2n1-c1ccc(F)cc1. The molecule has 0 aliphatic carbocycles. The number of hydrogen-bond donors (Lipinski definition) is 1. The van der Waals surface area contributed by atoms with Gasteiger partial charge in [0.2, 0.25) is 11.7 Å². The van der Waals surface area contributed by atoms with Gasteiger partial charge in [0.25, 0.3) is 0 Å². The third-order valence-electron chi connectivity index (χ3n) is 5.59. The summed E-state index contributed by atoms with van der Waals surface area (Å²) < 4.78 is 29.6. The Morgan fingerprint density at radius 1 is 0.969 bits per heavy atom. The van der Waals surface area contributed by atoms with Gasteiger partial charge in [0.15, 0.2) is 5.65 Å². The van der Waals surface area contributed by atoms with E-state index in [-0.39, 0.29) is 11.3 Å². The fourth-order valence-corrected chi connectivity index (χ4v) is 3.99. The van der Waals surface area contributed by atoms with Crippen molar-refractivity contribution in [3.63, 3.8) is 0 Å². The van der Waals surface area contributed by atoms with Crippen molar-refractivity contribution in [2.45, 2.75) is 19.3 Å². The Bertz CT molecular complexity index is 1280. The first-order chi connectivity index (χ1) is 15.6. The van der Waals surface area contributed by atoms with E-state index in [0.717, 1.165) is 25.9 Å². The maximum Gasteiger partial charge on any atom is 0.239 e. The van der Waals surface area contributed by atoms with Crippen molar-refractivity contribution in [1.29, 1.82) is 0 Å². The standard InChI is InChI=1S/C24H21F2N5O/c25-17-8-10-18(11-9-17)31-21(22(32)19-6-2-3-7-20(19)26)14-16-15-27-24(28-23(16)31)29-30-12-4-1-5-13-30/h2-3,6-11,14-15H,1,4-5,12-13H2,(H,27,28,29). The lowest BCUT2D eigenvalue weighted by Crippen LogP contribution is -2.35. The zero-order valence-corrected chi connectivity index (χ0v) is 17.3. The molecular formula is C24H21F2N5O. The quantitative estimate of drug-likeness (QED) is 0.461. The summed E-state index contributed by atoms with van der Waals surface area (Å²) in [4.78, 5) is 22.3. The highest BCUT2D eigenvalue weighted by Crippen LogP contribution is 2.27. The highest BCUT2D eigenvalue weighted by Gasteiger charge is 2.22. The van der Waals surface area contributed by atoms with Crippen molar-refractivity contribution in [3.8, 4) is 5.69 Å². The number of halogens is 2. The van der Waals surface area contributed by atoms with Gasteiger partial charge in [-0.25, -0.2) is 18.8 Å². The number of piperidine rings is 1. The maximum absolute atomic E-state index is 14.4. The smallest absolute Gasteiger partial charge is 0.239 e. The lowest BCUT2D eigenvalue weighted by Gasteiger charge is -2.26. The average Bonchev–Trinajstić information content (AvgIpc) is 3.19. The number of benzene rings is 2. The molecule has 3 heterocycles. The van der Waals surface area contributed by atoms with Gasteiger partial charge in [-0.1, -0.05) is 18.6 Å². The number of fused-ring (bicyclic) bond motifs is 1. The topological polar surface area (TPSA) is 63.1 Å². The number of hydrazine groups is 1. The predicted octanol–water partition coefficient (Wildman–Crippen LogP) is 4.74. The summed E-state index contributed by atoms with van der Waals surface area (Å²) >= 11 is 0. The second kappa shape index (κ2) is 8.47. The van der Waals surface area contributed by atoms with Crippen LogP contribution >= 0.6 is 0 Å². The summed E-state index contributed by atoms with van der Waals surface area (Å²) in [5.41, 5.74) is 4.44. The molecule has 5 rings (SSSR count). The summed E-state index contributed by atoms with van der Waals surface area (Å²) in [7, 11) is 0. The van der Waals surface area contributed by atoms with Gasteiger partial charge in [-0.3, -0.25) is 14.8 Å². The van der Waals surface area contributed by atoms with Crippen LogP contribution in [0.4, 0.5) is 14.7 Å². The van der Waals surface area contributed by atoms with E-state index in [1.165, 1.54) is 36.8 Å². The molecule has 4 aromatic rings. The number of carbonyl (C=O) groups excluding carboxylic acids is 1. The van der Waals surface area contributed by atoms with E-state index in [4.69, 9.17) is 0 Å². The second-order valence-electron chi connectivity index (χ2n) is 7.78. The zero-order valence-electron chi connectivity index (χ0n) is 17.3. The Morgan fingerprint density at radius 3 is 2.47 bits per heavy atom. The summed E-state index contributed by atoms with van der Waals surface area (Å²) in [6.07, 6.45) is 5.03. The lowest BCUT2D eigenvalue weighted by atomic mass is 10.1. The van der Waals surface area contributed by atoms with Gasteiger partial charge in [0.05, 0.1) is 11.3 Å². The molecule has 0 amide bonds. The first-order valence-electron chi connectivity index (χ1n) is 10.6. The highest BCUT2D eigenvalue weighted by atomic mass is 19.1. The van der Waals surface area contributed by atoms with Gasteiger partial charge in [-0.15, -0.1) is 0 Å². The molecule has 0 bridgehead atoms. The molecule has 2 aromatic carbocycles. The molecule has 0 atom stereocenters. The third kappa shape index (κ3) is 3.85. The Morgan fingerprint density at radius 2 is 1.72 bits per heavy atom. The van der Waals surface area contributed by atoms with Crippen LogP contribution in [0.2, 0.25) is 0 Å². The maximum atomic E-state index is 14.4. The van der Waals surface area contributed by atoms with E-state index in [2.05, 4.69) is 20.4 Å². The predicted molar refractivity (Wildman–Crippen MR) is 118 cm³/mol. The van der Waals surface area contributed by atoms with Crippen LogP contribution in [0, 0.1) is 11.6 Å². The van der Waals surface area contributed by atoms with E-state index in [1.807, 2.05) is 0 Å². The van der Waals surface area contributed by atoms with Gasteiger partial charge in [-0.2, -0.15) is 4.98 Å². The minimum Gasteiger partial charge on any atom is -0.290 e. The Kier molecular flexibility index (Phi) is 5.36. The highest BCUT2D eigenvalue weighted by molar-refractivity contribution is 6.11. The minimum absolute atomic E-state index is 0.0432. The largest absolute Gasteiger partial charge is 0.290 e. The van der Waals surface area contributed by atoms with Crippen LogP contribution < -0.4 is 5.43 Å². The molecule has 1 N–H and O–H groups in total. The first kappa shape index (κ1) is 20.3. The van der Waals surface area contributed by atoms with E-state index in [1.54, 1.807) is 35.0 Å². The molecule has 162 valence electrons. The zero-order chi connectivity index (χ0) is 22.1. The number of rotatable bonds is 5. The number of nitrogens with zero attached hydrogens (tertiary/aromatic N) is 4. The Hall–Kier alpha value is -3.65. The average molecular weight is 433 g/mol. The summed E-state index contributed by atoms with van der Waals surface area (Å²) in [6.45, 7) is 1.80. The van der Waals surface area contributed by atoms with Crippen LogP contribution in [0.25, 0.3) is 16.7 Å². The third-order valence-corrected chi connectivity index (χ3v) is 5.59. The number of hydrogen-bond acceptors (Lipinski definition) is 5. The van der Waals surface area contributed by atoms with Crippen molar-refractivity contribution in [2.24, 2.45) is 0 Å². The van der Waals surface area contributed by atoms with E-state index < -0.39 is 17.4 Å². The molecule has 32 heavy (non-hydrogen) atoms. The van der Waals surface area contributed by atoms with Crippen molar-refractivity contribution in [3.05, 3.63) is 83.7 Å². The van der Waals surface area contributed by atoms with E-state index in [0.29, 0.717) is 22.7 Å². The number of anilines is 1. The fraction of sp³-hybridized carbons (Fsp3) is 0.208. The summed E-state index contributed by atoms with van der Waals surface area (Å²) in [5.74, 6) is -1.08. The van der Waals surface area contributed by atoms with Gasteiger partial charge < -0.3 is 0 Å². The van der Waals surface area contributed by atoms with Crippen LogP contribution in [0.5, 0.6) is 0 Å². The Labute approximate surface area is 183 Å². The molecule has 1 saturated heterocycles. The molecular weight excluding hydrogens is 412 g/mol. The molecule has 1 aliphatic heterocycles.